The van der Waals surface area contributed by atoms with Gasteiger partial charge in [0.1, 0.15) is 0 Å². The van der Waals surface area contributed by atoms with Crippen LogP contribution in [-0.4, -0.2) is 19.3 Å². The molecule has 0 radical (unpaired) electrons. The number of hydrogen-bond acceptors (Lipinski definition) is 2. The van der Waals surface area contributed by atoms with Crippen LogP contribution in [0.5, 0.6) is 0 Å². The predicted octanol–water partition coefficient (Wildman–Crippen LogP) is 0.639. The van der Waals surface area contributed by atoms with E-state index in [4.69, 9.17) is 4.74 Å². The first-order chi connectivity index (χ1) is 3.93. The summed E-state index contributed by atoms with van der Waals surface area (Å²) in [5.74, 6) is 0. The first kappa shape index (κ1) is 5.98. The Bertz CT molecular complexity index is 63.4. The Labute approximate surface area is 48.0 Å². The molecule has 0 aromatic heterocycles. The lowest BCUT2D eigenvalue weighted by Gasteiger charge is -2.03. The second-order valence-corrected chi connectivity index (χ2v) is 1.97. The van der Waals surface area contributed by atoms with Gasteiger partial charge >= 0.3 is 0 Å². The summed E-state index contributed by atoms with van der Waals surface area (Å²) >= 11 is 0. The van der Waals surface area contributed by atoms with Gasteiger partial charge < -0.3 is 4.74 Å². The van der Waals surface area contributed by atoms with Gasteiger partial charge in [0.25, 0.3) is 0 Å². The van der Waals surface area contributed by atoms with Gasteiger partial charge in [-0.1, -0.05) is 0 Å². The van der Waals surface area contributed by atoms with Gasteiger partial charge in [-0.25, -0.2) is 0 Å². The van der Waals surface area contributed by atoms with Crippen LogP contribution < -0.4 is 5.54 Å². The van der Waals surface area contributed by atoms with Crippen LogP contribution in [0.15, 0.2) is 0 Å². The Morgan fingerprint density at radius 2 is 2.62 bits per heavy atom. The number of nitrogens with one attached hydrogen (secondary N) is 1. The summed E-state index contributed by atoms with van der Waals surface area (Å²) < 4.78 is 16.4. The molecule has 1 unspecified atom stereocenters. The predicted molar refractivity (Wildman–Crippen MR) is 28.1 cm³/mol. The van der Waals surface area contributed by atoms with Crippen molar-refractivity contribution in [2.75, 3.05) is 13.2 Å². The average molecular weight is 119 g/mol. The quantitative estimate of drug-likeness (QED) is 0.538. The van der Waals surface area contributed by atoms with Crippen molar-refractivity contribution in [1.29, 1.82) is 0 Å². The van der Waals surface area contributed by atoms with Crippen molar-refractivity contribution in [3.8, 4) is 0 Å². The molecule has 8 heavy (non-hydrogen) atoms. The van der Waals surface area contributed by atoms with E-state index in [1.54, 1.807) is 5.54 Å². The van der Waals surface area contributed by atoms with E-state index in [-0.39, 0.29) is 6.10 Å². The van der Waals surface area contributed by atoms with Crippen LogP contribution in [-0.2, 0) is 4.74 Å². The summed E-state index contributed by atoms with van der Waals surface area (Å²) in [6, 6.07) is 0. The molecule has 1 aliphatic heterocycles. The lowest BCUT2D eigenvalue weighted by Crippen LogP contribution is -2.19. The second-order valence-electron chi connectivity index (χ2n) is 1.97. The summed E-state index contributed by atoms with van der Waals surface area (Å²) in [7, 11) is 0. The van der Waals surface area contributed by atoms with Crippen LogP contribution in [0.25, 0.3) is 0 Å². The molecule has 0 spiro atoms. The maximum Gasteiger partial charge on any atom is 0.0726 e. The maximum atomic E-state index is 11.3. The second kappa shape index (κ2) is 2.99. The SMILES string of the molecule is FNCC1CCCO1. The van der Waals surface area contributed by atoms with E-state index in [9.17, 15) is 4.48 Å². The average Bonchev–Trinajstić information content (AvgIpc) is 2.19. The first-order valence-corrected chi connectivity index (χ1v) is 2.88. The highest BCUT2D eigenvalue weighted by molar-refractivity contribution is 4.64. The summed E-state index contributed by atoms with van der Waals surface area (Å²) in [6.45, 7) is 1.15. The molecule has 1 N–H and O–H groups in total. The minimum atomic E-state index is 0.125. The molecule has 48 valence electrons. The van der Waals surface area contributed by atoms with Gasteiger partial charge in [-0.05, 0) is 12.8 Å². The molecule has 1 rings (SSSR count). The van der Waals surface area contributed by atoms with Crippen LogP contribution in [0.1, 0.15) is 12.8 Å². The molecule has 0 aromatic rings. The summed E-state index contributed by atoms with van der Waals surface area (Å²) in [5, 5.41) is 0. The van der Waals surface area contributed by atoms with Gasteiger partial charge in [0.15, 0.2) is 0 Å². The van der Waals surface area contributed by atoms with Crippen molar-refractivity contribution in [3.05, 3.63) is 0 Å². The van der Waals surface area contributed by atoms with E-state index in [1.807, 2.05) is 0 Å². The first-order valence-electron chi connectivity index (χ1n) is 2.88. The third-order valence-electron chi connectivity index (χ3n) is 1.33. The third-order valence-corrected chi connectivity index (χ3v) is 1.33. The lowest BCUT2D eigenvalue weighted by atomic mass is 10.2. The van der Waals surface area contributed by atoms with Crippen molar-refractivity contribution in [3.63, 3.8) is 0 Å². The van der Waals surface area contributed by atoms with Crippen LogP contribution in [0, 0.1) is 0 Å². The Morgan fingerprint density at radius 3 is 3.12 bits per heavy atom. The topological polar surface area (TPSA) is 21.3 Å². The molecule has 0 bridgehead atoms. The molecule has 0 amide bonds. The maximum absolute atomic E-state index is 11.3. The highest BCUT2D eigenvalue weighted by atomic mass is 19.2. The molecule has 2 nitrogen and oxygen atoms in total. The molecular formula is C5H10FNO. The molecule has 1 aliphatic rings. The Kier molecular flexibility index (Phi) is 2.24. The van der Waals surface area contributed by atoms with E-state index in [0.717, 1.165) is 19.4 Å². The molecule has 0 saturated carbocycles. The molecular weight excluding hydrogens is 109 g/mol. The molecule has 3 heteroatoms. The van der Waals surface area contributed by atoms with Gasteiger partial charge in [-0.2, -0.15) is 5.54 Å². The van der Waals surface area contributed by atoms with E-state index >= 15 is 0 Å². The molecule has 0 aliphatic carbocycles. The van der Waals surface area contributed by atoms with Crippen LogP contribution in [0.2, 0.25) is 0 Å². The Hall–Kier alpha value is -0.150. The molecule has 0 aromatic carbocycles. The third kappa shape index (κ3) is 1.42. The fraction of sp³-hybridized carbons (Fsp3) is 1.00. The number of halogens is 1. The van der Waals surface area contributed by atoms with E-state index in [2.05, 4.69) is 0 Å². The summed E-state index contributed by atoms with van der Waals surface area (Å²) in [6.07, 6.45) is 2.20. The van der Waals surface area contributed by atoms with Crippen molar-refractivity contribution < 1.29 is 9.22 Å². The van der Waals surface area contributed by atoms with Gasteiger partial charge in [-0.15, -0.1) is 4.48 Å². The largest absolute Gasteiger partial charge is 0.377 e. The standard InChI is InChI=1S/C5H10FNO/c6-7-4-5-2-1-3-8-5/h5,7H,1-4H2. The van der Waals surface area contributed by atoms with Gasteiger partial charge in [0.05, 0.1) is 12.6 Å². The zero-order valence-corrected chi connectivity index (χ0v) is 4.69. The zero-order valence-electron chi connectivity index (χ0n) is 4.69. The highest BCUT2D eigenvalue weighted by Gasteiger charge is 2.13. The smallest absolute Gasteiger partial charge is 0.0726 e. The fourth-order valence-electron chi connectivity index (χ4n) is 0.891. The van der Waals surface area contributed by atoms with Crippen molar-refractivity contribution in [1.82, 2.24) is 5.54 Å². The minimum Gasteiger partial charge on any atom is -0.377 e. The van der Waals surface area contributed by atoms with E-state index in [0.29, 0.717) is 6.54 Å². The zero-order chi connectivity index (χ0) is 5.82. The Morgan fingerprint density at radius 1 is 1.75 bits per heavy atom. The lowest BCUT2D eigenvalue weighted by molar-refractivity contribution is 0.0938. The van der Waals surface area contributed by atoms with Crippen LogP contribution >= 0.6 is 0 Å². The van der Waals surface area contributed by atoms with E-state index < -0.39 is 0 Å². The van der Waals surface area contributed by atoms with Crippen molar-refractivity contribution in [2.24, 2.45) is 0 Å². The van der Waals surface area contributed by atoms with Gasteiger partial charge in [-0.3, -0.25) is 0 Å². The Balaban J connectivity index is 2.06. The minimum absolute atomic E-state index is 0.125. The number of ether oxygens (including phenoxy) is 1. The van der Waals surface area contributed by atoms with Crippen molar-refractivity contribution in [2.45, 2.75) is 18.9 Å². The molecule has 1 heterocycles. The molecule has 1 saturated heterocycles. The van der Waals surface area contributed by atoms with Gasteiger partial charge in [0, 0.05) is 6.61 Å². The fourth-order valence-corrected chi connectivity index (χ4v) is 0.891. The van der Waals surface area contributed by atoms with E-state index in [1.165, 1.54) is 0 Å². The highest BCUT2D eigenvalue weighted by Crippen LogP contribution is 2.10. The van der Waals surface area contributed by atoms with Crippen molar-refractivity contribution >= 4 is 0 Å². The number of hydrogen-bond donors (Lipinski definition) is 1. The normalized spacial score (nSPS) is 28.9. The van der Waals surface area contributed by atoms with Gasteiger partial charge in [0.2, 0.25) is 0 Å². The summed E-state index contributed by atoms with van der Waals surface area (Å²) in [5.41, 5.74) is 1.58. The van der Waals surface area contributed by atoms with Crippen LogP contribution in [0.4, 0.5) is 4.48 Å². The molecule has 1 atom stereocenters. The number of rotatable bonds is 2. The molecule has 1 fully saturated rings. The summed E-state index contributed by atoms with van der Waals surface area (Å²) in [4.78, 5) is 0. The monoisotopic (exact) mass is 119 g/mol. The van der Waals surface area contributed by atoms with Crippen LogP contribution in [0.3, 0.4) is 0 Å².